The lowest BCUT2D eigenvalue weighted by molar-refractivity contribution is 0.241. The van der Waals surface area contributed by atoms with E-state index in [1.54, 1.807) is 0 Å². The molecule has 0 saturated heterocycles. The van der Waals surface area contributed by atoms with Crippen molar-refractivity contribution in [3.05, 3.63) is 35.2 Å². The molecule has 0 bridgehead atoms. The Kier molecular flexibility index (Phi) is 3.74. The monoisotopic (exact) mass is 202 g/mol. The molecule has 2 heteroatoms. The van der Waals surface area contributed by atoms with Crippen LogP contribution < -0.4 is 4.74 Å². The fourth-order valence-corrected chi connectivity index (χ4v) is 1.42. The van der Waals surface area contributed by atoms with Crippen LogP contribution in [0.25, 0.3) is 0 Å². The first-order chi connectivity index (χ1) is 7.06. The van der Waals surface area contributed by atoms with Crippen LogP contribution in [0.1, 0.15) is 38.8 Å². The molecule has 15 heavy (non-hydrogen) atoms. The molecule has 1 aromatic carbocycles. The Labute approximate surface area is 91.5 Å². The minimum atomic E-state index is 0.0875. The van der Waals surface area contributed by atoms with E-state index in [4.69, 9.17) is 10.00 Å². The summed E-state index contributed by atoms with van der Waals surface area (Å²) in [4.78, 5) is 0. The predicted octanol–water partition coefficient (Wildman–Crippen LogP) is 3.31. The SMILES string of the molecule is C[C](C)c1cccc(OC(C)C)c1C#N. The fourth-order valence-electron chi connectivity index (χ4n) is 1.42. The van der Waals surface area contributed by atoms with Crippen LogP contribution in [0.3, 0.4) is 0 Å². The van der Waals surface area contributed by atoms with Gasteiger partial charge in [0.15, 0.2) is 0 Å². The largest absolute Gasteiger partial charge is 0.490 e. The molecular weight excluding hydrogens is 186 g/mol. The summed E-state index contributed by atoms with van der Waals surface area (Å²) in [6.07, 6.45) is 0.0875. The van der Waals surface area contributed by atoms with Gasteiger partial charge in [0.05, 0.1) is 11.7 Å². The number of hydrogen-bond acceptors (Lipinski definition) is 2. The summed E-state index contributed by atoms with van der Waals surface area (Å²) in [6, 6.07) is 7.91. The third-order valence-electron chi connectivity index (χ3n) is 2.04. The van der Waals surface area contributed by atoms with E-state index in [9.17, 15) is 0 Å². The Hall–Kier alpha value is -1.49. The first-order valence-corrected chi connectivity index (χ1v) is 5.06. The smallest absolute Gasteiger partial charge is 0.137 e. The Balaban J connectivity index is 3.18. The van der Waals surface area contributed by atoms with Gasteiger partial charge in [-0.2, -0.15) is 5.26 Å². The quantitative estimate of drug-likeness (QED) is 0.753. The maximum absolute atomic E-state index is 9.12. The molecule has 1 radical (unpaired) electrons. The fraction of sp³-hybridized carbons (Fsp3) is 0.385. The van der Waals surface area contributed by atoms with Crippen molar-refractivity contribution in [2.45, 2.75) is 33.8 Å². The van der Waals surface area contributed by atoms with Gasteiger partial charge in [-0.1, -0.05) is 26.0 Å². The minimum Gasteiger partial charge on any atom is -0.490 e. The van der Waals surface area contributed by atoms with Gasteiger partial charge < -0.3 is 4.74 Å². The highest BCUT2D eigenvalue weighted by Crippen LogP contribution is 2.27. The molecule has 0 fully saturated rings. The van der Waals surface area contributed by atoms with Gasteiger partial charge in [-0.05, 0) is 25.5 Å². The summed E-state index contributed by atoms with van der Waals surface area (Å²) in [5.41, 5.74) is 1.60. The lowest BCUT2D eigenvalue weighted by Gasteiger charge is -2.14. The lowest BCUT2D eigenvalue weighted by atomic mass is 9.97. The average Bonchev–Trinajstić information content (AvgIpc) is 2.16. The van der Waals surface area contributed by atoms with Crippen molar-refractivity contribution in [3.8, 4) is 11.8 Å². The highest BCUT2D eigenvalue weighted by Gasteiger charge is 2.12. The van der Waals surface area contributed by atoms with Crippen molar-refractivity contribution in [3.63, 3.8) is 0 Å². The summed E-state index contributed by atoms with van der Waals surface area (Å²) >= 11 is 0. The van der Waals surface area contributed by atoms with E-state index in [2.05, 4.69) is 6.07 Å². The van der Waals surface area contributed by atoms with Gasteiger partial charge in [0, 0.05) is 5.92 Å². The summed E-state index contributed by atoms with van der Waals surface area (Å²) in [6.45, 7) is 7.90. The molecule has 0 aliphatic carbocycles. The van der Waals surface area contributed by atoms with Crippen LogP contribution in [-0.4, -0.2) is 6.10 Å². The van der Waals surface area contributed by atoms with Gasteiger partial charge in [-0.3, -0.25) is 0 Å². The molecule has 0 unspecified atom stereocenters. The maximum atomic E-state index is 9.12. The Morgan fingerprint density at radius 1 is 1.33 bits per heavy atom. The topological polar surface area (TPSA) is 33.0 Å². The minimum absolute atomic E-state index is 0.0875. The van der Waals surface area contributed by atoms with E-state index in [0.29, 0.717) is 11.3 Å². The molecule has 0 aliphatic heterocycles. The van der Waals surface area contributed by atoms with E-state index >= 15 is 0 Å². The van der Waals surface area contributed by atoms with Crippen molar-refractivity contribution >= 4 is 0 Å². The zero-order valence-electron chi connectivity index (χ0n) is 9.66. The van der Waals surface area contributed by atoms with Crippen LogP contribution in [0.2, 0.25) is 0 Å². The van der Waals surface area contributed by atoms with Crippen molar-refractivity contribution in [2.24, 2.45) is 0 Å². The molecule has 1 aromatic rings. The number of ether oxygens (including phenoxy) is 1. The third kappa shape index (κ3) is 2.73. The molecule has 1 rings (SSSR count). The van der Waals surface area contributed by atoms with Crippen molar-refractivity contribution in [2.75, 3.05) is 0 Å². The molecule has 0 N–H and O–H groups in total. The average molecular weight is 202 g/mol. The van der Waals surface area contributed by atoms with Crippen molar-refractivity contribution < 1.29 is 4.74 Å². The molecular formula is C13H16NO. The van der Waals surface area contributed by atoms with Crippen LogP contribution in [0.5, 0.6) is 5.75 Å². The number of nitrogens with zero attached hydrogens (tertiary/aromatic N) is 1. The second-order valence-electron chi connectivity index (χ2n) is 3.96. The first-order valence-electron chi connectivity index (χ1n) is 5.06. The van der Waals surface area contributed by atoms with E-state index in [-0.39, 0.29) is 6.10 Å². The van der Waals surface area contributed by atoms with Gasteiger partial charge in [0.25, 0.3) is 0 Å². The molecule has 0 spiro atoms. The van der Waals surface area contributed by atoms with Crippen LogP contribution >= 0.6 is 0 Å². The molecule has 0 amide bonds. The molecule has 2 nitrogen and oxygen atoms in total. The van der Waals surface area contributed by atoms with Crippen LogP contribution in [0.4, 0.5) is 0 Å². The molecule has 79 valence electrons. The third-order valence-corrected chi connectivity index (χ3v) is 2.04. The zero-order chi connectivity index (χ0) is 11.4. The normalized spacial score (nSPS) is 10.5. The molecule has 0 atom stereocenters. The Morgan fingerprint density at radius 2 is 2.00 bits per heavy atom. The summed E-state index contributed by atoms with van der Waals surface area (Å²) in [5.74, 6) is 1.80. The second-order valence-corrected chi connectivity index (χ2v) is 3.96. The predicted molar refractivity (Wildman–Crippen MR) is 60.6 cm³/mol. The molecule has 0 heterocycles. The van der Waals surface area contributed by atoms with Gasteiger partial charge in [-0.25, -0.2) is 0 Å². The Bertz CT molecular complexity index is 375. The van der Waals surface area contributed by atoms with Gasteiger partial charge >= 0.3 is 0 Å². The second kappa shape index (κ2) is 4.84. The standard InChI is InChI=1S/C13H16NO/c1-9(2)11-6-5-7-13(12(11)8-14)15-10(3)4/h5-7,10H,1-4H3. The molecule has 0 aromatic heterocycles. The van der Waals surface area contributed by atoms with Crippen LogP contribution in [-0.2, 0) is 0 Å². The summed E-state index contributed by atoms with van der Waals surface area (Å²) in [7, 11) is 0. The number of hydrogen-bond donors (Lipinski definition) is 0. The number of rotatable bonds is 3. The summed E-state index contributed by atoms with van der Waals surface area (Å²) in [5, 5.41) is 9.12. The maximum Gasteiger partial charge on any atom is 0.137 e. The van der Waals surface area contributed by atoms with Crippen molar-refractivity contribution in [1.82, 2.24) is 0 Å². The highest BCUT2D eigenvalue weighted by atomic mass is 16.5. The van der Waals surface area contributed by atoms with Gasteiger partial charge in [-0.15, -0.1) is 0 Å². The van der Waals surface area contributed by atoms with E-state index in [1.807, 2.05) is 45.9 Å². The van der Waals surface area contributed by atoms with Gasteiger partial charge in [0.2, 0.25) is 0 Å². The highest BCUT2D eigenvalue weighted by molar-refractivity contribution is 5.53. The first kappa shape index (κ1) is 11.6. The lowest BCUT2D eigenvalue weighted by Crippen LogP contribution is -2.08. The summed E-state index contributed by atoms with van der Waals surface area (Å²) < 4.78 is 5.59. The van der Waals surface area contributed by atoms with E-state index in [0.717, 1.165) is 11.5 Å². The molecule has 0 saturated carbocycles. The van der Waals surface area contributed by atoms with Crippen LogP contribution in [0.15, 0.2) is 18.2 Å². The zero-order valence-corrected chi connectivity index (χ0v) is 9.66. The van der Waals surface area contributed by atoms with Crippen LogP contribution in [0, 0.1) is 17.2 Å². The Morgan fingerprint density at radius 3 is 2.47 bits per heavy atom. The number of nitriles is 1. The van der Waals surface area contributed by atoms with E-state index in [1.165, 1.54) is 0 Å². The van der Waals surface area contributed by atoms with Crippen molar-refractivity contribution in [1.29, 1.82) is 5.26 Å². The van der Waals surface area contributed by atoms with E-state index < -0.39 is 0 Å². The number of benzene rings is 1. The molecule has 0 aliphatic rings. The van der Waals surface area contributed by atoms with Gasteiger partial charge in [0.1, 0.15) is 11.8 Å².